The molecule has 2 aliphatic rings. The molecule has 1 aliphatic heterocycles. The average molecular weight is 414 g/mol. The zero-order chi connectivity index (χ0) is 20.4. The van der Waals surface area contributed by atoms with Crippen LogP contribution in [0.5, 0.6) is 0 Å². The summed E-state index contributed by atoms with van der Waals surface area (Å²) >= 11 is 5.89. The molecule has 154 valence electrons. The molecule has 2 aromatic rings. The molecule has 1 spiro atoms. The molecule has 0 radical (unpaired) electrons. The van der Waals surface area contributed by atoms with Gasteiger partial charge in [-0.25, -0.2) is 0 Å². The topological polar surface area (TPSA) is 64.6 Å². The van der Waals surface area contributed by atoms with Crippen LogP contribution in [-0.4, -0.2) is 41.4 Å². The Bertz CT molecular complexity index is 847. The summed E-state index contributed by atoms with van der Waals surface area (Å²) in [5, 5.41) is 17.3. The van der Waals surface area contributed by atoms with Gasteiger partial charge < -0.3 is 10.0 Å². The Hall–Kier alpha value is -1.92. The van der Waals surface area contributed by atoms with E-state index < -0.39 is 6.35 Å². The highest BCUT2D eigenvalue weighted by molar-refractivity contribution is 6.30. The lowest BCUT2D eigenvalue weighted by Gasteiger charge is -2.46. The van der Waals surface area contributed by atoms with E-state index in [0.717, 1.165) is 49.0 Å². The molecule has 5 nitrogen and oxygen atoms in total. The Labute approximate surface area is 177 Å². The van der Waals surface area contributed by atoms with Crippen molar-refractivity contribution in [2.45, 2.75) is 45.1 Å². The van der Waals surface area contributed by atoms with Crippen LogP contribution in [0.2, 0.25) is 5.02 Å². The molecule has 3 N–H and O–H groups in total. The van der Waals surface area contributed by atoms with E-state index in [1.165, 1.54) is 0 Å². The van der Waals surface area contributed by atoms with Crippen LogP contribution in [0.3, 0.4) is 0 Å². The van der Waals surface area contributed by atoms with Gasteiger partial charge in [-0.05, 0) is 61.4 Å². The lowest BCUT2D eigenvalue weighted by atomic mass is 9.65. The quantitative estimate of drug-likeness (QED) is 0.636. The first-order valence-corrected chi connectivity index (χ1v) is 10.6. The van der Waals surface area contributed by atoms with Gasteiger partial charge in [0.1, 0.15) is 0 Å². The third-order valence-corrected chi connectivity index (χ3v) is 6.44. The molecule has 1 aliphatic carbocycles. The second kappa shape index (κ2) is 8.44. The lowest BCUT2D eigenvalue weighted by Crippen LogP contribution is -2.56. The van der Waals surface area contributed by atoms with E-state index in [1.54, 1.807) is 0 Å². The van der Waals surface area contributed by atoms with Crippen LogP contribution in [0.4, 0.5) is 0 Å². The molecular weight excluding hydrogens is 386 g/mol. The second-order valence-electron chi connectivity index (χ2n) is 8.52. The minimum absolute atomic E-state index is 0.128. The van der Waals surface area contributed by atoms with E-state index in [1.807, 2.05) is 60.4 Å². The van der Waals surface area contributed by atoms with E-state index in [9.17, 15) is 9.90 Å². The summed E-state index contributed by atoms with van der Waals surface area (Å²) in [7, 11) is 0. The van der Waals surface area contributed by atoms with Gasteiger partial charge in [0, 0.05) is 36.3 Å². The minimum Gasteiger partial charge on any atom is -0.365 e. The number of amides is 1. The summed E-state index contributed by atoms with van der Waals surface area (Å²) in [6.07, 6.45) is 2.27. The summed E-state index contributed by atoms with van der Waals surface area (Å²) in [6, 6.07) is 15.7. The third kappa shape index (κ3) is 4.81. The maximum absolute atomic E-state index is 12.7. The van der Waals surface area contributed by atoms with Crippen molar-refractivity contribution in [2.24, 2.45) is 5.41 Å². The highest BCUT2D eigenvalue weighted by atomic mass is 35.5. The molecular formula is C23H28ClN3O2. The summed E-state index contributed by atoms with van der Waals surface area (Å²) < 4.78 is 0. The van der Waals surface area contributed by atoms with Crippen LogP contribution in [0.1, 0.15) is 40.7 Å². The van der Waals surface area contributed by atoms with Gasteiger partial charge in [-0.2, -0.15) is 0 Å². The molecule has 1 saturated carbocycles. The minimum atomic E-state index is -0.750. The first-order valence-electron chi connectivity index (χ1n) is 10.2. The fraction of sp³-hybridized carbons (Fsp3) is 0.435. The number of aryl methyl sites for hydroxylation is 1. The second-order valence-corrected chi connectivity index (χ2v) is 8.96. The number of hydrogen-bond acceptors (Lipinski definition) is 4. The molecule has 1 atom stereocenters. The predicted octanol–water partition coefficient (Wildman–Crippen LogP) is 3.30. The van der Waals surface area contributed by atoms with Crippen molar-refractivity contribution in [3.05, 3.63) is 70.2 Å². The van der Waals surface area contributed by atoms with Gasteiger partial charge in [0.2, 0.25) is 0 Å². The molecule has 1 unspecified atom stereocenters. The average Bonchev–Trinajstić information content (AvgIpc) is 3.13. The monoisotopic (exact) mass is 413 g/mol. The van der Waals surface area contributed by atoms with Crippen LogP contribution >= 0.6 is 11.6 Å². The number of benzene rings is 2. The lowest BCUT2D eigenvalue weighted by molar-refractivity contribution is 0.0204. The van der Waals surface area contributed by atoms with Crippen molar-refractivity contribution >= 4 is 17.5 Å². The number of carbonyl (C=O) groups excluding carboxylic acids is 1. The number of carbonyl (C=O) groups is 1. The predicted molar refractivity (Wildman–Crippen MR) is 115 cm³/mol. The van der Waals surface area contributed by atoms with E-state index in [2.05, 4.69) is 10.6 Å². The van der Waals surface area contributed by atoms with Gasteiger partial charge in [-0.3, -0.25) is 15.4 Å². The molecule has 1 heterocycles. The van der Waals surface area contributed by atoms with Gasteiger partial charge in [0.25, 0.3) is 5.91 Å². The van der Waals surface area contributed by atoms with Gasteiger partial charge in [0.15, 0.2) is 6.35 Å². The first-order chi connectivity index (χ1) is 13.9. The molecule has 1 saturated heterocycles. The zero-order valence-electron chi connectivity index (χ0n) is 16.7. The number of rotatable bonds is 6. The van der Waals surface area contributed by atoms with Gasteiger partial charge >= 0.3 is 0 Å². The third-order valence-electron chi connectivity index (χ3n) is 6.19. The number of aliphatic hydroxyl groups excluding tert-OH is 1. The van der Waals surface area contributed by atoms with Gasteiger partial charge in [-0.1, -0.05) is 41.4 Å². The number of nitrogens with one attached hydrogen (secondary N) is 2. The molecule has 4 rings (SSSR count). The molecule has 6 heteroatoms. The fourth-order valence-corrected chi connectivity index (χ4v) is 4.65. The number of halogens is 1. The van der Waals surface area contributed by atoms with Crippen molar-refractivity contribution in [2.75, 3.05) is 13.1 Å². The van der Waals surface area contributed by atoms with Crippen molar-refractivity contribution < 1.29 is 9.90 Å². The van der Waals surface area contributed by atoms with E-state index in [0.29, 0.717) is 11.6 Å². The van der Waals surface area contributed by atoms with Crippen molar-refractivity contribution in [3.8, 4) is 0 Å². The largest absolute Gasteiger partial charge is 0.365 e. The first kappa shape index (κ1) is 20.4. The maximum Gasteiger partial charge on any atom is 0.253 e. The molecule has 2 fully saturated rings. The number of nitrogens with zero attached hydrogens (tertiary/aromatic N) is 1. The van der Waals surface area contributed by atoms with E-state index >= 15 is 0 Å². The SMILES string of the molecule is Cc1ccc(C(=O)N2CC[C@]3(C2)C[C@@H](NC(O)NCc2ccc(Cl)cc2)C3)cc1. The molecule has 2 aromatic carbocycles. The van der Waals surface area contributed by atoms with Crippen LogP contribution < -0.4 is 10.6 Å². The Morgan fingerprint density at radius 1 is 1.21 bits per heavy atom. The molecule has 0 aromatic heterocycles. The normalized spacial score (nSPS) is 24.5. The number of likely N-dealkylation sites (tertiary alicyclic amines) is 1. The van der Waals surface area contributed by atoms with Crippen molar-refractivity contribution in [1.82, 2.24) is 15.5 Å². The Balaban J connectivity index is 1.21. The van der Waals surface area contributed by atoms with Gasteiger partial charge in [-0.15, -0.1) is 0 Å². The summed E-state index contributed by atoms with van der Waals surface area (Å²) in [6.45, 7) is 4.23. The van der Waals surface area contributed by atoms with Gasteiger partial charge in [0.05, 0.1) is 0 Å². The van der Waals surface area contributed by atoms with Crippen LogP contribution in [-0.2, 0) is 6.54 Å². The molecule has 1 amide bonds. The zero-order valence-corrected chi connectivity index (χ0v) is 17.5. The number of hydrogen-bond donors (Lipinski definition) is 3. The van der Waals surface area contributed by atoms with Crippen LogP contribution in [0.25, 0.3) is 0 Å². The molecule has 29 heavy (non-hydrogen) atoms. The highest BCUT2D eigenvalue weighted by Crippen LogP contribution is 2.48. The standard InChI is InChI=1S/C23H28ClN3O2/c1-16-2-6-18(7-3-16)21(28)27-11-10-23(15-27)12-20(13-23)26-22(29)25-14-17-4-8-19(24)9-5-17/h2-9,20,22,25-26,29H,10-15H2,1H3/t20-,22?,23+. The summed E-state index contributed by atoms with van der Waals surface area (Å²) in [5.41, 5.74) is 3.20. The molecule has 0 bridgehead atoms. The Kier molecular flexibility index (Phi) is 5.93. The van der Waals surface area contributed by atoms with E-state index in [-0.39, 0.29) is 17.4 Å². The van der Waals surface area contributed by atoms with Crippen LogP contribution in [0, 0.1) is 12.3 Å². The smallest absolute Gasteiger partial charge is 0.253 e. The Morgan fingerprint density at radius 2 is 1.90 bits per heavy atom. The van der Waals surface area contributed by atoms with E-state index in [4.69, 9.17) is 11.6 Å². The highest BCUT2D eigenvalue weighted by Gasteiger charge is 2.49. The summed E-state index contributed by atoms with van der Waals surface area (Å²) in [4.78, 5) is 14.7. The summed E-state index contributed by atoms with van der Waals surface area (Å²) in [5.74, 6) is 0.128. The number of aliphatic hydroxyl groups is 1. The van der Waals surface area contributed by atoms with Crippen molar-refractivity contribution in [3.63, 3.8) is 0 Å². The fourth-order valence-electron chi connectivity index (χ4n) is 4.52. The van der Waals surface area contributed by atoms with Crippen molar-refractivity contribution in [1.29, 1.82) is 0 Å². The van der Waals surface area contributed by atoms with Crippen LogP contribution in [0.15, 0.2) is 48.5 Å². The maximum atomic E-state index is 12.7. The Morgan fingerprint density at radius 3 is 2.59 bits per heavy atom.